The number of likely N-dealkylation sites (N-methyl/N-ethyl adjacent to an activating group) is 1. The van der Waals surface area contributed by atoms with Crippen LogP contribution in [0.3, 0.4) is 0 Å². The number of methoxy groups -OCH3 is 1. The summed E-state index contributed by atoms with van der Waals surface area (Å²) in [5.74, 6) is -2.61. The first-order valence-corrected chi connectivity index (χ1v) is 15.6. The van der Waals surface area contributed by atoms with Crippen molar-refractivity contribution in [2.24, 2.45) is 23.5 Å². The molecule has 4 aliphatic rings. The zero-order valence-electron chi connectivity index (χ0n) is 26.8. The quantitative estimate of drug-likeness (QED) is 0.279. The van der Waals surface area contributed by atoms with E-state index >= 15 is 0 Å². The number of Topliss-reactive ketones (excluding diaryl/α,β-unsaturated/α-hetero) is 1. The first-order chi connectivity index (χ1) is 20.8. The van der Waals surface area contributed by atoms with Gasteiger partial charge in [-0.1, -0.05) is 13.3 Å². The molecular weight excluding hydrogens is 559 g/mol. The van der Waals surface area contributed by atoms with Crippen molar-refractivity contribution in [3.63, 3.8) is 0 Å². The summed E-state index contributed by atoms with van der Waals surface area (Å²) >= 11 is 0. The molecule has 44 heavy (non-hydrogen) atoms. The van der Waals surface area contributed by atoms with Crippen molar-refractivity contribution in [2.45, 2.75) is 63.6 Å². The Hall–Kier alpha value is -3.15. The summed E-state index contributed by atoms with van der Waals surface area (Å²) in [4.78, 5) is 32.9. The predicted molar refractivity (Wildman–Crippen MR) is 172 cm³/mol. The van der Waals surface area contributed by atoms with Crippen LogP contribution in [0, 0.1) is 17.8 Å². The van der Waals surface area contributed by atoms with Gasteiger partial charge in [0.25, 0.3) is 0 Å². The van der Waals surface area contributed by atoms with Gasteiger partial charge < -0.3 is 0 Å². The van der Waals surface area contributed by atoms with Gasteiger partial charge in [-0.25, -0.2) is 0 Å². The van der Waals surface area contributed by atoms with Crippen LogP contribution in [0.5, 0.6) is 5.75 Å². The fraction of sp³-hybridized carbons (Fsp3) is 0.606. The number of hydrogen-bond donors (Lipinski definition) is 4. The van der Waals surface area contributed by atoms with Crippen LogP contribution in [0.15, 0.2) is 23.0 Å². The molecule has 1 amide bonds. The van der Waals surface area contributed by atoms with Gasteiger partial charge >= 0.3 is 223 Å². The van der Waals surface area contributed by atoms with Crippen LogP contribution in [0.2, 0.25) is 0 Å². The third kappa shape index (κ3) is 5.16. The van der Waals surface area contributed by atoms with E-state index in [-0.39, 0.29) is 23.5 Å². The van der Waals surface area contributed by atoms with Crippen molar-refractivity contribution in [1.29, 1.82) is 0 Å². The number of fused-ring (bicyclic) bond motifs is 3. The number of aliphatic hydroxyl groups excluding tert-OH is 2. The number of primary amides is 1. The summed E-state index contributed by atoms with van der Waals surface area (Å²) < 4.78 is 5.85. The molecule has 4 aliphatic carbocycles. The number of ketones is 1. The Balaban J connectivity index is 1.65. The fourth-order valence-corrected chi connectivity index (χ4v) is 7.81. The molecular formula is C33H46BN4O6. The molecule has 1 radical (unpaired) electrons. The Morgan fingerprint density at radius 1 is 1.20 bits per heavy atom. The monoisotopic (exact) mass is 605 g/mol. The number of aliphatic hydroxyl groups is 3. The van der Waals surface area contributed by atoms with Gasteiger partial charge in [-0.3, -0.25) is 0 Å². The van der Waals surface area contributed by atoms with Crippen LogP contribution in [-0.4, -0.2) is 110 Å². The van der Waals surface area contributed by atoms with Crippen molar-refractivity contribution < 1.29 is 29.6 Å². The summed E-state index contributed by atoms with van der Waals surface area (Å²) in [6.07, 6.45) is 5.40. The molecule has 1 aromatic rings. The molecule has 5 N–H and O–H groups in total. The van der Waals surface area contributed by atoms with Gasteiger partial charge in [-0.05, 0) is 25.2 Å². The van der Waals surface area contributed by atoms with Gasteiger partial charge in [0.15, 0.2) is 0 Å². The van der Waals surface area contributed by atoms with Crippen molar-refractivity contribution >= 4 is 36.1 Å². The van der Waals surface area contributed by atoms with Crippen molar-refractivity contribution in [3.8, 4) is 5.75 Å². The maximum atomic E-state index is 14.3. The van der Waals surface area contributed by atoms with Crippen LogP contribution in [0.25, 0.3) is 5.76 Å². The van der Waals surface area contributed by atoms with Crippen molar-refractivity contribution in [2.75, 3.05) is 53.3 Å². The van der Waals surface area contributed by atoms with E-state index in [1.807, 2.05) is 20.2 Å². The Morgan fingerprint density at radius 2 is 1.89 bits per heavy atom. The molecule has 10 nitrogen and oxygen atoms in total. The number of unbranched alkanes of at least 4 members (excludes halogenated alkanes) is 1. The van der Waals surface area contributed by atoms with Gasteiger partial charge in [0.2, 0.25) is 0 Å². The average molecular weight is 606 g/mol. The molecule has 0 bridgehead atoms. The van der Waals surface area contributed by atoms with Gasteiger partial charge in [0.1, 0.15) is 0 Å². The molecule has 2 fully saturated rings. The van der Waals surface area contributed by atoms with E-state index in [2.05, 4.69) is 16.7 Å². The Kier molecular flexibility index (Phi) is 8.79. The number of hydrogen-bond acceptors (Lipinski definition) is 9. The first kappa shape index (κ1) is 32.3. The number of rotatable bonds is 11. The van der Waals surface area contributed by atoms with Gasteiger partial charge in [-0.2, -0.15) is 0 Å². The second kappa shape index (κ2) is 12.0. The summed E-state index contributed by atoms with van der Waals surface area (Å²) in [5.41, 5.74) is 5.70. The molecule has 0 saturated heterocycles. The number of carbonyl (C=O) groups is 2. The molecule has 237 valence electrons. The second-order valence-electron chi connectivity index (χ2n) is 13.4. The van der Waals surface area contributed by atoms with Gasteiger partial charge in [0.05, 0.1) is 0 Å². The zero-order valence-corrected chi connectivity index (χ0v) is 26.8. The first-order valence-electron chi connectivity index (χ1n) is 15.6. The molecule has 0 aliphatic heterocycles. The predicted octanol–water partition coefficient (Wildman–Crippen LogP) is 2.12. The summed E-state index contributed by atoms with van der Waals surface area (Å²) in [6.45, 7) is 4.98. The van der Waals surface area contributed by atoms with Gasteiger partial charge in [-0.15, -0.1) is 0 Å². The molecule has 11 heteroatoms. The summed E-state index contributed by atoms with van der Waals surface area (Å²) in [6, 6.07) is 1.06. The van der Waals surface area contributed by atoms with Gasteiger partial charge in [0, 0.05) is 0 Å². The van der Waals surface area contributed by atoms with E-state index < -0.39 is 46.2 Å². The van der Waals surface area contributed by atoms with Crippen LogP contribution < -0.4 is 15.4 Å². The molecule has 0 heterocycles. The summed E-state index contributed by atoms with van der Waals surface area (Å²) in [7, 11) is 15.2. The van der Waals surface area contributed by atoms with E-state index in [4.69, 9.17) is 18.0 Å². The zero-order chi connectivity index (χ0) is 32.2. The molecule has 5 rings (SSSR count). The number of ether oxygens (including phenoxy) is 1. The number of nitrogens with two attached hydrogens (primary N) is 1. The third-order valence-corrected chi connectivity index (χ3v) is 9.96. The van der Waals surface area contributed by atoms with Crippen LogP contribution in [0.1, 0.15) is 55.7 Å². The molecule has 0 unspecified atom stereocenters. The minimum absolute atomic E-state index is 0.0518. The Bertz CT molecular complexity index is 1450. The number of benzene rings is 1. The number of anilines is 1. The summed E-state index contributed by atoms with van der Waals surface area (Å²) in [5, 5.41) is 35.1. The van der Waals surface area contributed by atoms with Crippen molar-refractivity contribution in [3.05, 3.63) is 39.7 Å². The normalized spacial score (nSPS) is 26.6. The third-order valence-electron chi connectivity index (χ3n) is 9.96. The minimum atomic E-state index is -2.34. The maximum absolute atomic E-state index is 14.3. The molecule has 0 aromatic heterocycles. The van der Waals surface area contributed by atoms with E-state index in [1.54, 1.807) is 26.1 Å². The second-order valence-corrected chi connectivity index (χ2v) is 13.4. The Morgan fingerprint density at radius 3 is 2.43 bits per heavy atom. The van der Waals surface area contributed by atoms with Crippen molar-refractivity contribution in [1.82, 2.24) is 9.80 Å². The average Bonchev–Trinajstić information content (AvgIpc) is 3.76. The molecule has 0 spiro atoms. The van der Waals surface area contributed by atoms with Crippen LogP contribution >= 0.6 is 0 Å². The number of amides is 1. The number of carbonyl (C=O) groups excluding carboxylic acids is 2. The number of nitrogens with zero attached hydrogens (tertiary/aromatic N) is 3. The van der Waals surface area contributed by atoms with E-state index in [0.29, 0.717) is 17.7 Å². The molecule has 4 atom stereocenters. The fourth-order valence-electron chi connectivity index (χ4n) is 7.81. The SMILES string of the molecule is [B]=C1C(C(N)=O)=C(O)[C@@H](N(C)C)[C@@H]2C[C@@H]3Cc4c(c(OC)cc(CN(CCCC)CC5CC5)c4N(C)C)C(O)=C3C(=O)[C@]12O. The van der Waals surface area contributed by atoms with Crippen LogP contribution in [-0.2, 0) is 22.6 Å². The Labute approximate surface area is 261 Å². The van der Waals surface area contributed by atoms with E-state index in [0.717, 1.165) is 55.2 Å². The van der Waals surface area contributed by atoms with E-state index in [9.17, 15) is 24.9 Å². The van der Waals surface area contributed by atoms with E-state index in [1.165, 1.54) is 12.8 Å². The topological polar surface area (TPSA) is 140 Å². The van der Waals surface area contributed by atoms with Crippen LogP contribution in [0.4, 0.5) is 5.69 Å². The standard InChI is InChI=1S/C33H46BN4O6/c1-7-8-11-38(15-17-9-10-17)16-19-14-22(44-6)24-20(26(19)36(2)3)12-18-13-21-27(37(4)5)29(40)25(32(35)42)30(34)33(21,43)31(41)23(18)28(24)39/h14,17-18,21,27,39-40,43H,7-13,15-16H2,1-6H3,(H2,35,42)/t18-,21-,27-,33+/m0/s1. The molecule has 1 aromatic carbocycles. The molecule has 2 saturated carbocycles.